The largest absolute Gasteiger partial charge is 0.481 e. The number of thioether (sulfide) groups is 1. The van der Waals surface area contributed by atoms with Crippen molar-refractivity contribution < 1.29 is 58.5 Å². The second-order valence-electron chi connectivity index (χ2n) is 12.8. The number of rotatable bonds is 31. The van der Waals surface area contributed by atoms with Gasteiger partial charge >= 0.3 is 17.9 Å². The van der Waals surface area contributed by atoms with E-state index in [-0.39, 0.29) is 62.9 Å². The summed E-state index contributed by atoms with van der Waals surface area (Å²) < 4.78 is 0. The third-order valence-electron chi connectivity index (χ3n) is 7.98. The zero-order valence-electron chi connectivity index (χ0n) is 32.1. The van der Waals surface area contributed by atoms with E-state index in [1.807, 2.05) is 0 Å². The van der Waals surface area contributed by atoms with E-state index in [9.17, 15) is 53.4 Å². The van der Waals surface area contributed by atoms with Crippen molar-refractivity contribution in [3.8, 4) is 0 Å². The first-order valence-corrected chi connectivity index (χ1v) is 19.4. The van der Waals surface area contributed by atoms with Crippen LogP contribution in [-0.2, 0) is 43.2 Å². The highest BCUT2D eigenvalue weighted by atomic mass is 32.2. The Kier molecular flexibility index (Phi) is 25.6. The predicted molar refractivity (Wildman–Crippen MR) is 210 cm³/mol. The second kappa shape index (κ2) is 28.5. The third-order valence-corrected chi connectivity index (χ3v) is 8.62. The van der Waals surface area contributed by atoms with Crippen LogP contribution < -0.4 is 61.0 Å². The van der Waals surface area contributed by atoms with E-state index >= 15 is 0 Å². The van der Waals surface area contributed by atoms with Gasteiger partial charge in [-0.1, -0.05) is 0 Å². The number of nitrogens with two attached hydrogens (primary N) is 6. The molecule has 0 aromatic carbocycles. The Bertz CT molecular complexity index is 1490. The van der Waals surface area contributed by atoms with E-state index in [0.717, 1.165) is 0 Å². The highest BCUT2D eigenvalue weighted by Crippen LogP contribution is 2.09. The second-order valence-corrected chi connectivity index (χ2v) is 13.8. The lowest BCUT2D eigenvalue weighted by molar-refractivity contribution is -0.144. The van der Waals surface area contributed by atoms with Gasteiger partial charge in [0.1, 0.15) is 30.2 Å². The number of amides is 6. The van der Waals surface area contributed by atoms with E-state index in [1.165, 1.54) is 11.8 Å². The van der Waals surface area contributed by atoms with Crippen molar-refractivity contribution in [3.63, 3.8) is 0 Å². The first kappa shape index (κ1) is 52.1. The number of aliphatic carboxylic acids is 3. The van der Waals surface area contributed by atoms with Gasteiger partial charge in [0.05, 0.1) is 6.04 Å². The van der Waals surface area contributed by atoms with E-state index in [1.54, 1.807) is 6.26 Å². The number of nitrogens with one attached hydrogen (secondary N) is 5. The Morgan fingerprint density at radius 2 is 0.879 bits per heavy atom. The number of nitrogens with zero attached hydrogens (tertiary/aromatic N) is 2. The molecule has 0 bridgehead atoms. The lowest BCUT2D eigenvalue weighted by Gasteiger charge is -2.27. The van der Waals surface area contributed by atoms with Crippen LogP contribution in [-0.4, -0.2) is 142 Å². The molecule has 0 fully saturated rings. The number of hydrogen-bond donors (Lipinski definition) is 14. The highest BCUT2D eigenvalue weighted by molar-refractivity contribution is 7.98. The molecule has 0 aliphatic heterocycles. The number of carboxylic acids is 3. The normalized spacial score (nSPS) is 13.8. The van der Waals surface area contributed by atoms with Crippen molar-refractivity contribution >= 4 is 77.0 Å². The molecule has 0 aliphatic rings. The predicted octanol–water partition coefficient (Wildman–Crippen LogP) is -5.32. The van der Waals surface area contributed by atoms with Crippen LogP contribution in [0, 0.1) is 0 Å². The van der Waals surface area contributed by atoms with Gasteiger partial charge < -0.3 is 76.3 Å². The number of carbonyl (C=O) groups excluding carboxylic acids is 6. The van der Waals surface area contributed by atoms with Crippen molar-refractivity contribution in [3.05, 3.63) is 0 Å². The number of carbonyl (C=O) groups is 9. The summed E-state index contributed by atoms with van der Waals surface area (Å²) >= 11 is 1.27. The fraction of sp³-hybridized carbons (Fsp3) is 0.656. The van der Waals surface area contributed by atoms with Gasteiger partial charge in [0, 0.05) is 32.4 Å². The molecular weight excluding hydrogens is 790 g/mol. The van der Waals surface area contributed by atoms with Crippen LogP contribution in [0.3, 0.4) is 0 Å². The van der Waals surface area contributed by atoms with E-state index in [2.05, 4.69) is 36.6 Å². The minimum Gasteiger partial charge on any atom is -0.481 e. The summed E-state index contributed by atoms with van der Waals surface area (Å²) in [4.78, 5) is 120. The SMILES string of the molecule is CSCC[C@@H](NC(=O)[C@@H](CCC(N)=O)NC(=O)[C@H](CCCN=C(N)N)NC(=O)[C@@H](N)CCCN=C(N)N)C(=O)N[C@@H](CCC(=O)O)C(=O)N[C@@H](CCC(=O)O)C(=O)O. The quantitative estimate of drug-likeness (QED) is 0.0176. The van der Waals surface area contributed by atoms with E-state index < -0.39 is 122 Å². The maximum absolute atomic E-state index is 13.7. The van der Waals surface area contributed by atoms with Crippen LogP contribution in [0.15, 0.2) is 9.98 Å². The van der Waals surface area contributed by atoms with Crippen LogP contribution in [0.2, 0.25) is 0 Å². The molecule has 0 aliphatic carbocycles. The van der Waals surface area contributed by atoms with Crippen LogP contribution in [0.25, 0.3) is 0 Å². The Morgan fingerprint density at radius 1 is 0.517 bits per heavy atom. The number of guanidine groups is 2. The molecule has 328 valence electrons. The topological polar surface area (TPSA) is 455 Å². The first-order valence-electron chi connectivity index (χ1n) is 18.0. The number of hydrogen-bond acceptors (Lipinski definition) is 13. The summed E-state index contributed by atoms with van der Waals surface area (Å²) in [5.74, 6) is -9.94. The standard InChI is InChI=1S/C32H57N13O12S/c1-58-15-12-20(29(55)43-19(7-10-23(47)48)28(54)45-21(30(56)57)8-11-24(49)50)44-27(53)18(6-9-22(34)46)42-26(52)17(5-3-14-40-32(37)38)41-25(51)16(33)4-2-13-39-31(35)36/h16-21H,2-15,33H2,1H3,(H2,34,46)(H,41,51)(H,42,52)(H,43,55)(H,44,53)(H,45,54)(H,47,48)(H,49,50)(H,56,57)(H4,35,36,39)(H4,37,38,40)/t16-,17-,18+,19-,20+,21-/m0/s1. The minimum absolute atomic E-state index is 0.0448. The summed E-state index contributed by atoms with van der Waals surface area (Å²) in [7, 11) is 0. The molecule has 0 aromatic rings. The van der Waals surface area contributed by atoms with Gasteiger partial charge in [-0.3, -0.25) is 48.3 Å². The molecule has 58 heavy (non-hydrogen) atoms. The van der Waals surface area contributed by atoms with Crippen LogP contribution in [0.1, 0.15) is 70.6 Å². The highest BCUT2D eigenvalue weighted by Gasteiger charge is 2.33. The molecule has 0 radical (unpaired) electrons. The average Bonchev–Trinajstić information content (AvgIpc) is 3.13. The Labute approximate surface area is 338 Å². The molecule has 20 N–H and O–H groups in total. The Balaban J connectivity index is 6.34. The molecule has 6 amide bonds. The zero-order chi connectivity index (χ0) is 44.4. The smallest absolute Gasteiger partial charge is 0.326 e. The molecule has 6 atom stereocenters. The fourth-order valence-corrected chi connectivity index (χ4v) is 5.38. The van der Waals surface area contributed by atoms with Gasteiger partial charge in [0.2, 0.25) is 35.4 Å². The zero-order valence-corrected chi connectivity index (χ0v) is 33.0. The average molecular weight is 848 g/mol. The minimum atomic E-state index is -1.69. The van der Waals surface area contributed by atoms with E-state index in [0.29, 0.717) is 6.42 Å². The summed E-state index contributed by atoms with van der Waals surface area (Å²) in [5.41, 5.74) is 32.7. The third kappa shape index (κ3) is 23.9. The number of primary amides is 1. The van der Waals surface area contributed by atoms with Crippen LogP contribution >= 0.6 is 11.8 Å². The Hall–Kier alpha value is -5.92. The van der Waals surface area contributed by atoms with Crippen molar-refractivity contribution in [2.75, 3.05) is 25.1 Å². The van der Waals surface area contributed by atoms with Crippen molar-refractivity contribution in [2.24, 2.45) is 44.4 Å². The molecule has 25 nitrogen and oxygen atoms in total. The van der Waals surface area contributed by atoms with E-state index in [4.69, 9.17) is 39.5 Å². The van der Waals surface area contributed by atoms with Gasteiger partial charge in [-0.2, -0.15) is 11.8 Å². The van der Waals surface area contributed by atoms with Gasteiger partial charge in [0.15, 0.2) is 11.9 Å². The molecule has 0 saturated carbocycles. The van der Waals surface area contributed by atoms with Crippen LogP contribution in [0.4, 0.5) is 0 Å². The maximum atomic E-state index is 13.7. The summed E-state index contributed by atoms with van der Waals surface area (Å²) in [6.07, 6.45) is -0.867. The van der Waals surface area contributed by atoms with Gasteiger partial charge in [-0.25, -0.2) is 4.79 Å². The lowest BCUT2D eigenvalue weighted by Crippen LogP contribution is -2.59. The first-order chi connectivity index (χ1) is 27.2. The van der Waals surface area contributed by atoms with Gasteiger partial charge in [-0.15, -0.1) is 0 Å². The lowest BCUT2D eigenvalue weighted by atomic mass is 10.0. The number of aliphatic imine (C=N–C) groups is 2. The molecule has 0 heterocycles. The number of carboxylic acid groups (broad SMARTS) is 3. The van der Waals surface area contributed by atoms with Gasteiger partial charge in [0.25, 0.3) is 0 Å². The van der Waals surface area contributed by atoms with Crippen molar-refractivity contribution in [1.29, 1.82) is 0 Å². The molecule has 26 heteroatoms. The van der Waals surface area contributed by atoms with Crippen molar-refractivity contribution in [1.82, 2.24) is 26.6 Å². The molecule has 0 rings (SSSR count). The Morgan fingerprint density at radius 3 is 1.28 bits per heavy atom. The summed E-state index contributed by atoms with van der Waals surface area (Å²) in [6.45, 7) is 0.253. The molecule has 0 saturated heterocycles. The fourth-order valence-electron chi connectivity index (χ4n) is 4.91. The molecule has 0 spiro atoms. The van der Waals surface area contributed by atoms with Gasteiger partial charge in [-0.05, 0) is 63.4 Å². The van der Waals surface area contributed by atoms with Crippen LogP contribution in [0.5, 0.6) is 0 Å². The summed E-state index contributed by atoms with van der Waals surface area (Å²) in [6, 6.07) is -8.68. The monoisotopic (exact) mass is 847 g/mol. The molecule has 0 aromatic heterocycles. The van der Waals surface area contributed by atoms with Crippen molar-refractivity contribution in [2.45, 2.75) is 107 Å². The maximum Gasteiger partial charge on any atom is 0.326 e. The molecular formula is C32H57N13O12S. The molecule has 0 unspecified atom stereocenters. The summed E-state index contributed by atoms with van der Waals surface area (Å²) in [5, 5.41) is 39.5.